The summed E-state index contributed by atoms with van der Waals surface area (Å²) in [6, 6.07) is 3.03. The molecule has 2 rings (SSSR count). The second-order valence-electron chi connectivity index (χ2n) is 5.87. The molecule has 0 N–H and O–H groups in total. The Morgan fingerprint density at radius 2 is 2.00 bits per heavy atom. The lowest BCUT2D eigenvalue weighted by Crippen LogP contribution is -2.17. The third-order valence-corrected chi connectivity index (χ3v) is 3.30. The van der Waals surface area contributed by atoms with Crippen molar-refractivity contribution in [3.05, 3.63) is 28.8 Å². The lowest BCUT2D eigenvalue weighted by molar-refractivity contribution is 0.343. The van der Waals surface area contributed by atoms with E-state index in [-0.39, 0.29) is 10.4 Å². The summed E-state index contributed by atoms with van der Waals surface area (Å²) in [7, 11) is 0. The summed E-state index contributed by atoms with van der Waals surface area (Å²) < 4.78 is 15.6. The van der Waals surface area contributed by atoms with Gasteiger partial charge in [0.15, 0.2) is 0 Å². The van der Waals surface area contributed by atoms with E-state index in [1.54, 1.807) is 6.07 Å². The lowest BCUT2D eigenvalue weighted by atomic mass is 9.96. The fourth-order valence-corrected chi connectivity index (χ4v) is 2.42. The Bertz CT molecular complexity index is 599. The first-order valence-electron chi connectivity index (χ1n) is 6.22. The van der Waals surface area contributed by atoms with Gasteiger partial charge in [-0.25, -0.2) is 9.37 Å². The Labute approximate surface area is 122 Å². The van der Waals surface area contributed by atoms with Crippen LogP contribution < -0.4 is 0 Å². The van der Waals surface area contributed by atoms with Crippen LogP contribution in [0.4, 0.5) is 4.39 Å². The van der Waals surface area contributed by atoms with Crippen LogP contribution in [-0.2, 0) is 13.0 Å². The molecule has 0 atom stereocenters. The Morgan fingerprint density at radius 1 is 1.32 bits per heavy atom. The van der Waals surface area contributed by atoms with Crippen molar-refractivity contribution in [3.63, 3.8) is 0 Å². The van der Waals surface area contributed by atoms with Gasteiger partial charge in [-0.2, -0.15) is 0 Å². The molecular weight excluding hydrogens is 286 g/mol. The number of benzene rings is 1. The van der Waals surface area contributed by atoms with E-state index in [0.29, 0.717) is 17.8 Å². The molecule has 0 bridgehead atoms. The summed E-state index contributed by atoms with van der Waals surface area (Å²) in [5.41, 5.74) is 1.59. The molecule has 0 radical (unpaired) electrons. The van der Waals surface area contributed by atoms with Crippen LogP contribution in [0.5, 0.6) is 0 Å². The first-order chi connectivity index (χ1) is 8.81. The lowest BCUT2D eigenvalue weighted by Gasteiger charge is -2.21. The van der Waals surface area contributed by atoms with Crippen LogP contribution in [0.1, 0.15) is 26.6 Å². The van der Waals surface area contributed by atoms with Crippen molar-refractivity contribution in [2.24, 2.45) is 5.41 Å². The summed E-state index contributed by atoms with van der Waals surface area (Å²) in [5, 5.41) is 0.125. The minimum atomic E-state index is -0.438. The van der Waals surface area contributed by atoms with Gasteiger partial charge in [0.25, 0.3) is 0 Å². The van der Waals surface area contributed by atoms with Crippen LogP contribution in [0.2, 0.25) is 5.02 Å². The molecule has 19 heavy (non-hydrogen) atoms. The summed E-state index contributed by atoms with van der Waals surface area (Å²) in [6.45, 7) is 7.23. The van der Waals surface area contributed by atoms with Crippen LogP contribution in [0.25, 0.3) is 11.0 Å². The van der Waals surface area contributed by atoms with Crippen molar-refractivity contribution < 1.29 is 4.39 Å². The van der Waals surface area contributed by atoms with Gasteiger partial charge in [0.05, 0.1) is 16.1 Å². The van der Waals surface area contributed by atoms with Gasteiger partial charge >= 0.3 is 0 Å². The topological polar surface area (TPSA) is 17.8 Å². The number of aromatic nitrogens is 2. The number of hydrogen-bond acceptors (Lipinski definition) is 1. The third-order valence-electron chi connectivity index (χ3n) is 2.82. The molecule has 0 amide bonds. The minimum Gasteiger partial charge on any atom is -0.327 e. The molecule has 0 unspecified atom stereocenters. The molecule has 0 fully saturated rings. The second-order valence-corrected chi connectivity index (χ2v) is 6.65. The third kappa shape index (κ3) is 3.21. The largest absolute Gasteiger partial charge is 0.327 e. The second kappa shape index (κ2) is 5.29. The fourth-order valence-electron chi connectivity index (χ4n) is 2.10. The van der Waals surface area contributed by atoms with Gasteiger partial charge in [0.1, 0.15) is 11.6 Å². The molecule has 0 aliphatic heterocycles. The molecule has 2 aromatic rings. The van der Waals surface area contributed by atoms with E-state index in [1.807, 2.05) is 0 Å². The van der Waals surface area contributed by atoms with E-state index >= 15 is 0 Å². The molecule has 0 spiro atoms. The average Bonchev–Trinajstić information content (AvgIpc) is 2.57. The maximum atomic E-state index is 13.5. The van der Waals surface area contributed by atoms with Gasteiger partial charge in [0, 0.05) is 24.9 Å². The zero-order valence-electron chi connectivity index (χ0n) is 11.3. The van der Waals surface area contributed by atoms with Crippen molar-refractivity contribution >= 4 is 34.2 Å². The summed E-state index contributed by atoms with van der Waals surface area (Å²) in [5.74, 6) is 0.928. The highest BCUT2D eigenvalue weighted by molar-refractivity contribution is 6.31. The van der Waals surface area contributed by atoms with Crippen molar-refractivity contribution in [2.75, 3.05) is 5.88 Å². The fraction of sp³-hybridized carbons (Fsp3) is 0.500. The number of hydrogen-bond donors (Lipinski definition) is 0. The van der Waals surface area contributed by atoms with Gasteiger partial charge < -0.3 is 4.57 Å². The highest BCUT2D eigenvalue weighted by Gasteiger charge is 2.18. The van der Waals surface area contributed by atoms with Crippen LogP contribution in [0.15, 0.2) is 12.1 Å². The van der Waals surface area contributed by atoms with E-state index in [4.69, 9.17) is 23.2 Å². The number of imidazole rings is 1. The molecule has 2 nitrogen and oxygen atoms in total. The SMILES string of the molecule is CC(C)(C)Cn1c(CCCl)nc2cc(F)c(Cl)cc21. The molecule has 0 aliphatic rings. The molecule has 0 aliphatic carbocycles. The first kappa shape index (κ1) is 14.6. The van der Waals surface area contributed by atoms with E-state index in [1.165, 1.54) is 6.07 Å². The average molecular weight is 303 g/mol. The highest BCUT2D eigenvalue weighted by Crippen LogP contribution is 2.27. The molecule has 0 saturated carbocycles. The number of rotatable bonds is 3. The smallest absolute Gasteiger partial charge is 0.144 e. The van der Waals surface area contributed by atoms with Crippen molar-refractivity contribution in [1.82, 2.24) is 9.55 Å². The zero-order valence-corrected chi connectivity index (χ0v) is 12.8. The summed E-state index contributed by atoms with van der Waals surface area (Å²) in [6.07, 6.45) is 0.658. The van der Waals surface area contributed by atoms with Crippen LogP contribution in [0, 0.1) is 11.2 Å². The van der Waals surface area contributed by atoms with Gasteiger partial charge in [-0.3, -0.25) is 0 Å². The predicted octanol–water partition coefficient (Wildman–Crippen LogP) is 4.66. The van der Waals surface area contributed by atoms with Gasteiger partial charge in [-0.05, 0) is 11.5 Å². The Balaban J connectivity index is 2.62. The van der Waals surface area contributed by atoms with E-state index in [9.17, 15) is 4.39 Å². The van der Waals surface area contributed by atoms with Crippen molar-refractivity contribution in [1.29, 1.82) is 0 Å². The Kier molecular flexibility index (Phi) is 4.07. The van der Waals surface area contributed by atoms with Crippen molar-refractivity contribution in [2.45, 2.75) is 33.7 Å². The first-order valence-corrected chi connectivity index (χ1v) is 7.13. The Hall–Kier alpha value is -0.800. The quantitative estimate of drug-likeness (QED) is 0.754. The van der Waals surface area contributed by atoms with Crippen LogP contribution in [-0.4, -0.2) is 15.4 Å². The number of aryl methyl sites for hydroxylation is 1. The summed E-state index contributed by atoms with van der Waals surface area (Å²) >= 11 is 11.7. The number of nitrogens with zero attached hydrogens (tertiary/aromatic N) is 2. The van der Waals surface area contributed by atoms with E-state index in [0.717, 1.165) is 17.9 Å². The normalized spacial score (nSPS) is 12.3. The predicted molar refractivity (Wildman–Crippen MR) is 78.6 cm³/mol. The molecule has 0 saturated heterocycles. The zero-order chi connectivity index (χ0) is 14.2. The standard InChI is InChI=1S/C14H17Cl2FN2/c1-14(2,3)8-19-12-6-9(16)10(17)7-11(12)18-13(19)4-5-15/h6-7H,4-5,8H2,1-3H3. The van der Waals surface area contributed by atoms with Gasteiger partial charge in [-0.1, -0.05) is 32.4 Å². The van der Waals surface area contributed by atoms with E-state index in [2.05, 4.69) is 30.3 Å². The van der Waals surface area contributed by atoms with Gasteiger partial charge in [-0.15, -0.1) is 11.6 Å². The van der Waals surface area contributed by atoms with Gasteiger partial charge in [0.2, 0.25) is 0 Å². The molecule has 5 heteroatoms. The number of alkyl halides is 1. The van der Waals surface area contributed by atoms with Crippen molar-refractivity contribution in [3.8, 4) is 0 Å². The maximum Gasteiger partial charge on any atom is 0.144 e. The number of fused-ring (bicyclic) bond motifs is 1. The molecule has 1 heterocycles. The van der Waals surface area contributed by atoms with E-state index < -0.39 is 5.82 Å². The maximum absolute atomic E-state index is 13.5. The molecule has 104 valence electrons. The van der Waals surface area contributed by atoms with Crippen LogP contribution in [0.3, 0.4) is 0 Å². The minimum absolute atomic E-state index is 0.0928. The Morgan fingerprint density at radius 3 is 2.58 bits per heavy atom. The molecule has 1 aromatic carbocycles. The summed E-state index contributed by atoms with van der Waals surface area (Å²) in [4.78, 5) is 4.47. The number of halogens is 3. The monoisotopic (exact) mass is 302 g/mol. The highest BCUT2D eigenvalue weighted by atomic mass is 35.5. The molecule has 1 aromatic heterocycles. The molecular formula is C14H17Cl2FN2. The van der Waals surface area contributed by atoms with Crippen LogP contribution >= 0.6 is 23.2 Å².